The molecule has 1 unspecified atom stereocenters. The Morgan fingerprint density at radius 1 is 1.18 bits per heavy atom. The summed E-state index contributed by atoms with van der Waals surface area (Å²) in [6.07, 6.45) is 2.54. The highest BCUT2D eigenvalue weighted by molar-refractivity contribution is 6.30. The number of aliphatic hydroxyl groups excluding tert-OH is 1. The maximum atomic E-state index is 10.3. The first-order chi connectivity index (χ1) is 10.6. The molecule has 2 aromatic carbocycles. The summed E-state index contributed by atoms with van der Waals surface area (Å²) in [7, 11) is 0. The smallest absolute Gasteiger partial charge is 0.142 e. The second kappa shape index (κ2) is 6.44. The molecule has 0 aromatic heterocycles. The second-order valence-electron chi connectivity index (χ2n) is 5.73. The fourth-order valence-corrected chi connectivity index (χ4v) is 2.55. The zero-order chi connectivity index (χ0) is 15.5. The van der Waals surface area contributed by atoms with Crippen LogP contribution in [-0.4, -0.2) is 5.11 Å². The predicted molar refractivity (Wildman–Crippen MR) is 91.4 cm³/mol. The van der Waals surface area contributed by atoms with Gasteiger partial charge in [-0.05, 0) is 54.2 Å². The minimum atomic E-state index is -0.849. The van der Waals surface area contributed by atoms with E-state index in [4.69, 9.17) is 17.3 Å². The van der Waals surface area contributed by atoms with E-state index < -0.39 is 6.10 Å². The second-order valence-corrected chi connectivity index (χ2v) is 6.16. The normalized spacial score (nSPS) is 15.0. The van der Waals surface area contributed by atoms with Crippen LogP contribution in [0.3, 0.4) is 0 Å². The lowest BCUT2D eigenvalue weighted by Crippen LogP contribution is -2.00. The summed E-state index contributed by atoms with van der Waals surface area (Å²) in [5, 5.41) is 11.0. The maximum absolute atomic E-state index is 10.3. The minimum Gasteiger partial charge on any atom is -0.398 e. The van der Waals surface area contributed by atoms with Crippen LogP contribution < -0.4 is 5.73 Å². The van der Waals surface area contributed by atoms with Gasteiger partial charge in [0.2, 0.25) is 0 Å². The fourth-order valence-electron chi connectivity index (χ4n) is 2.36. The van der Waals surface area contributed by atoms with Gasteiger partial charge in [-0.15, -0.1) is 0 Å². The van der Waals surface area contributed by atoms with Gasteiger partial charge in [0.25, 0.3) is 0 Å². The third-order valence-corrected chi connectivity index (χ3v) is 4.10. The van der Waals surface area contributed by atoms with Gasteiger partial charge in [-0.2, -0.15) is 0 Å². The Kier molecular flexibility index (Phi) is 4.38. The first kappa shape index (κ1) is 15.0. The monoisotopic (exact) mass is 311 g/mol. The van der Waals surface area contributed by atoms with E-state index in [-0.39, 0.29) is 0 Å². The molecule has 22 heavy (non-hydrogen) atoms. The molecule has 0 radical (unpaired) electrons. The van der Waals surface area contributed by atoms with Crippen molar-refractivity contribution in [2.24, 2.45) is 5.92 Å². The average molecular weight is 312 g/mol. The number of nitrogens with two attached hydrogens (primary N) is 1. The van der Waals surface area contributed by atoms with E-state index in [1.165, 1.54) is 12.8 Å². The molecule has 3 rings (SSSR count). The first-order valence-electron chi connectivity index (χ1n) is 7.45. The molecule has 0 amide bonds. The maximum Gasteiger partial charge on any atom is 0.142 e. The molecule has 0 spiro atoms. The Bertz CT molecular complexity index is 741. The van der Waals surface area contributed by atoms with Crippen molar-refractivity contribution in [3.05, 3.63) is 53.1 Å². The highest BCUT2D eigenvalue weighted by atomic mass is 35.5. The van der Waals surface area contributed by atoms with E-state index in [1.54, 1.807) is 6.07 Å². The van der Waals surface area contributed by atoms with Crippen molar-refractivity contribution in [2.45, 2.75) is 25.4 Å². The number of rotatable bonds is 3. The molecule has 0 saturated heterocycles. The Hall–Kier alpha value is -1.95. The van der Waals surface area contributed by atoms with Crippen LogP contribution in [0.4, 0.5) is 5.69 Å². The molecular formula is C19H18ClNO. The van der Waals surface area contributed by atoms with Crippen molar-refractivity contribution in [3.63, 3.8) is 0 Å². The lowest BCUT2D eigenvalue weighted by Gasteiger charge is -2.11. The number of anilines is 1. The van der Waals surface area contributed by atoms with E-state index in [0.717, 1.165) is 23.5 Å². The summed E-state index contributed by atoms with van der Waals surface area (Å²) in [5.74, 6) is 6.70. The van der Waals surface area contributed by atoms with Crippen LogP contribution >= 0.6 is 11.6 Å². The standard InChI is InChI=1S/C19H18ClNO/c20-16-5-2-4-14(11-16)15-9-10-18(21)17(12-15)19(22)6-1-3-13-7-8-13/h2,4-5,9-13,19,22H,3,7-8,21H2. The highest BCUT2D eigenvalue weighted by Crippen LogP contribution is 2.32. The van der Waals surface area contributed by atoms with Gasteiger partial charge in [0.1, 0.15) is 6.10 Å². The molecule has 0 aliphatic heterocycles. The van der Waals surface area contributed by atoms with Gasteiger partial charge in [0.05, 0.1) is 0 Å². The van der Waals surface area contributed by atoms with Crippen molar-refractivity contribution in [2.75, 3.05) is 5.73 Å². The Morgan fingerprint density at radius 3 is 2.68 bits per heavy atom. The van der Waals surface area contributed by atoms with Crippen molar-refractivity contribution in [1.29, 1.82) is 0 Å². The average Bonchev–Trinajstić information content (AvgIpc) is 3.32. The van der Waals surface area contributed by atoms with E-state index in [1.807, 2.05) is 36.4 Å². The molecule has 0 heterocycles. The molecule has 1 aliphatic carbocycles. The van der Waals surface area contributed by atoms with E-state index in [9.17, 15) is 5.11 Å². The van der Waals surface area contributed by atoms with E-state index in [0.29, 0.717) is 16.3 Å². The quantitative estimate of drug-likeness (QED) is 0.651. The van der Waals surface area contributed by atoms with E-state index >= 15 is 0 Å². The molecule has 2 aromatic rings. The van der Waals surface area contributed by atoms with Gasteiger partial charge >= 0.3 is 0 Å². The third kappa shape index (κ3) is 3.62. The summed E-state index contributed by atoms with van der Waals surface area (Å²) in [6, 6.07) is 13.2. The SMILES string of the molecule is Nc1ccc(-c2cccc(Cl)c2)cc1C(O)C#CCC1CC1. The van der Waals surface area contributed by atoms with Gasteiger partial charge in [0.15, 0.2) is 0 Å². The molecule has 2 nitrogen and oxygen atoms in total. The van der Waals surface area contributed by atoms with Crippen LogP contribution in [0.2, 0.25) is 5.02 Å². The van der Waals surface area contributed by atoms with Crippen molar-refractivity contribution >= 4 is 17.3 Å². The Balaban J connectivity index is 1.86. The summed E-state index contributed by atoms with van der Waals surface area (Å²) in [6.45, 7) is 0. The van der Waals surface area contributed by atoms with Crippen LogP contribution in [0.1, 0.15) is 30.9 Å². The van der Waals surface area contributed by atoms with Crippen molar-refractivity contribution in [3.8, 4) is 23.0 Å². The van der Waals surface area contributed by atoms with Crippen LogP contribution in [0.25, 0.3) is 11.1 Å². The summed E-state index contributed by atoms with van der Waals surface area (Å²) >= 11 is 6.04. The third-order valence-electron chi connectivity index (χ3n) is 3.87. The first-order valence-corrected chi connectivity index (χ1v) is 7.83. The lowest BCUT2D eigenvalue weighted by molar-refractivity contribution is 0.239. The van der Waals surface area contributed by atoms with Crippen LogP contribution in [0.5, 0.6) is 0 Å². The molecule has 1 saturated carbocycles. The zero-order valence-electron chi connectivity index (χ0n) is 12.2. The number of hydrogen-bond acceptors (Lipinski definition) is 2. The highest BCUT2D eigenvalue weighted by Gasteiger charge is 2.19. The minimum absolute atomic E-state index is 0.555. The molecular weight excluding hydrogens is 294 g/mol. The zero-order valence-corrected chi connectivity index (χ0v) is 13.0. The van der Waals surface area contributed by atoms with Gasteiger partial charge in [-0.3, -0.25) is 0 Å². The number of aliphatic hydroxyl groups is 1. The van der Waals surface area contributed by atoms with Crippen LogP contribution in [0.15, 0.2) is 42.5 Å². The van der Waals surface area contributed by atoms with Crippen molar-refractivity contribution < 1.29 is 5.11 Å². The molecule has 0 bridgehead atoms. The fraction of sp³-hybridized carbons (Fsp3) is 0.263. The van der Waals surface area contributed by atoms with E-state index in [2.05, 4.69) is 11.8 Å². The lowest BCUT2D eigenvalue weighted by atomic mass is 9.99. The number of nitrogen functional groups attached to an aromatic ring is 1. The number of halogens is 1. The van der Waals surface area contributed by atoms with Gasteiger partial charge < -0.3 is 10.8 Å². The Labute approximate surface area is 135 Å². The topological polar surface area (TPSA) is 46.2 Å². The molecule has 3 heteroatoms. The van der Waals surface area contributed by atoms with Gasteiger partial charge in [0, 0.05) is 22.7 Å². The van der Waals surface area contributed by atoms with Crippen LogP contribution in [-0.2, 0) is 0 Å². The predicted octanol–water partition coefficient (Wildman–Crippen LogP) is 4.43. The molecule has 3 N–H and O–H groups in total. The number of hydrogen-bond donors (Lipinski definition) is 2. The number of benzene rings is 2. The largest absolute Gasteiger partial charge is 0.398 e. The van der Waals surface area contributed by atoms with Crippen LogP contribution in [0, 0.1) is 17.8 Å². The molecule has 1 aliphatic rings. The van der Waals surface area contributed by atoms with Gasteiger partial charge in [-0.25, -0.2) is 0 Å². The molecule has 1 fully saturated rings. The summed E-state index contributed by atoms with van der Waals surface area (Å²) < 4.78 is 0. The van der Waals surface area contributed by atoms with Crippen molar-refractivity contribution in [1.82, 2.24) is 0 Å². The molecule has 1 atom stereocenters. The van der Waals surface area contributed by atoms with Gasteiger partial charge in [-0.1, -0.05) is 41.6 Å². The summed E-state index contributed by atoms with van der Waals surface area (Å²) in [5.41, 5.74) is 9.16. The molecule has 112 valence electrons. The Morgan fingerprint density at radius 2 is 1.95 bits per heavy atom. The summed E-state index contributed by atoms with van der Waals surface area (Å²) in [4.78, 5) is 0.